The Morgan fingerprint density at radius 1 is 1.33 bits per heavy atom. The van der Waals surface area contributed by atoms with Gasteiger partial charge in [-0.15, -0.1) is 0 Å². The summed E-state index contributed by atoms with van der Waals surface area (Å²) in [6.07, 6.45) is 7.07. The molecule has 5 rings (SSSR count). The third kappa shape index (κ3) is 2.21. The smallest absolute Gasteiger partial charge is 0.322 e. The lowest BCUT2D eigenvalue weighted by Crippen LogP contribution is -2.47. The number of hydrogen-bond acceptors (Lipinski definition) is 5. The van der Waals surface area contributed by atoms with E-state index in [1.54, 1.807) is 11.1 Å². The molecule has 2 saturated heterocycles. The summed E-state index contributed by atoms with van der Waals surface area (Å²) in [5.74, 6) is 1.09. The molecule has 0 atom stereocenters. The summed E-state index contributed by atoms with van der Waals surface area (Å²) in [7, 11) is 0. The van der Waals surface area contributed by atoms with Crippen LogP contribution in [0.2, 0.25) is 0 Å². The average molecular weight is 328 g/mol. The fourth-order valence-electron chi connectivity index (χ4n) is 3.85. The molecule has 0 spiro atoms. The minimum atomic E-state index is -0.0373. The predicted octanol–water partition coefficient (Wildman–Crippen LogP) is 0.946. The molecule has 4 heterocycles. The maximum atomic E-state index is 11.7. The number of likely N-dealkylation sites (tertiary alicyclic amines) is 1. The molecule has 24 heavy (non-hydrogen) atoms. The van der Waals surface area contributed by atoms with E-state index in [0.717, 1.165) is 49.6 Å². The van der Waals surface area contributed by atoms with Gasteiger partial charge in [0.05, 0.1) is 17.9 Å². The molecule has 2 amide bonds. The number of aromatic nitrogens is 3. The van der Waals surface area contributed by atoms with E-state index < -0.39 is 0 Å². The fraction of sp³-hybridized carbons (Fsp3) is 0.562. The largest absolute Gasteiger partial charge is 0.361 e. The second-order valence-corrected chi connectivity index (χ2v) is 6.79. The number of urea groups is 1. The van der Waals surface area contributed by atoms with Crippen LogP contribution >= 0.6 is 0 Å². The lowest BCUT2D eigenvalue weighted by molar-refractivity contribution is 0.0880. The summed E-state index contributed by atoms with van der Waals surface area (Å²) in [5, 5.41) is 11.5. The van der Waals surface area contributed by atoms with E-state index in [9.17, 15) is 4.79 Å². The van der Waals surface area contributed by atoms with Gasteiger partial charge in [0.25, 0.3) is 0 Å². The van der Waals surface area contributed by atoms with Gasteiger partial charge in [-0.3, -0.25) is 14.5 Å². The van der Waals surface area contributed by atoms with Gasteiger partial charge < -0.3 is 9.84 Å². The second-order valence-electron chi connectivity index (χ2n) is 6.79. The number of carbonyl (C=O) groups is 1. The number of fused-ring (bicyclic) bond motifs is 1. The molecule has 8 nitrogen and oxygen atoms in total. The van der Waals surface area contributed by atoms with Gasteiger partial charge in [-0.2, -0.15) is 5.10 Å². The monoisotopic (exact) mass is 328 g/mol. The molecule has 1 aliphatic carbocycles. The zero-order valence-corrected chi connectivity index (χ0v) is 13.4. The van der Waals surface area contributed by atoms with Crippen molar-refractivity contribution in [1.29, 1.82) is 0 Å². The van der Waals surface area contributed by atoms with Crippen LogP contribution in [0.25, 0.3) is 0 Å². The van der Waals surface area contributed by atoms with Crippen LogP contribution in [-0.4, -0.2) is 52.0 Å². The van der Waals surface area contributed by atoms with E-state index in [1.165, 1.54) is 12.0 Å². The number of anilines is 1. The molecule has 2 fully saturated rings. The topological polar surface area (TPSA) is 79.4 Å². The van der Waals surface area contributed by atoms with E-state index in [4.69, 9.17) is 4.52 Å². The van der Waals surface area contributed by atoms with Gasteiger partial charge in [-0.1, -0.05) is 5.16 Å². The molecule has 126 valence electrons. The van der Waals surface area contributed by atoms with Crippen molar-refractivity contribution in [3.63, 3.8) is 0 Å². The number of hydrogen-bond donors (Lipinski definition) is 1. The van der Waals surface area contributed by atoms with Gasteiger partial charge in [0.2, 0.25) is 0 Å². The minimum Gasteiger partial charge on any atom is -0.361 e. The number of rotatable bonds is 4. The molecule has 3 aliphatic rings. The summed E-state index contributed by atoms with van der Waals surface area (Å²) in [6, 6.07) is 0.328. The normalized spacial score (nSPS) is 21.2. The van der Waals surface area contributed by atoms with Gasteiger partial charge in [0, 0.05) is 50.9 Å². The van der Waals surface area contributed by atoms with Crippen LogP contribution in [0.15, 0.2) is 16.9 Å². The predicted molar refractivity (Wildman–Crippen MR) is 85.8 cm³/mol. The third-order valence-corrected chi connectivity index (χ3v) is 5.22. The van der Waals surface area contributed by atoms with Crippen molar-refractivity contribution in [3.05, 3.63) is 29.4 Å². The second kappa shape index (κ2) is 5.34. The molecule has 0 unspecified atom stereocenters. The summed E-state index contributed by atoms with van der Waals surface area (Å²) in [5.41, 5.74) is 3.31. The van der Waals surface area contributed by atoms with Crippen molar-refractivity contribution >= 4 is 11.7 Å². The fourth-order valence-corrected chi connectivity index (χ4v) is 3.85. The quantitative estimate of drug-likeness (QED) is 0.904. The average Bonchev–Trinajstić information content (AvgIpc) is 3.27. The molecular formula is C16H20N6O2. The van der Waals surface area contributed by atoms with Crippen LogP contribution in [-0.2, 0) is 19.4 Å². The molecule has 0 bridgehead atoms. The van der Waals surface area contributed by atoms with E-state index in [1.807, 2.05) is 10.9 Å². The highest BCUT2D eigenvalue weighted by Gasteiger charge is 2.32. The van der Waals surface area contributed by atoms with Gasteiger partial charge >= 0.3 is 6.03 Å². The standard InChI is InChI=1S/C16H20N6O2/c23-16-17-4-5-21(16)11-6-18-22(9-11)12-7-20(8-12)10-14-13-2-1-3-15(13)24-19-14/h6,9,12H,1-5,7-8,10H2,(H,17,23). The first-order valence-electron chi connectivity index (χ1n) is 8.56. The first kappa shape index (κ1) is 14.0. The molecule has 2 aliphatic heterocycles. The van der Waals surface area contributed by atoms with E-state index >= 15 is 0 Å². The van der Waals surface area contributed by atoms with E-state index in [0.29, 0.717) is 19.1 Å². The highest BCUT2D eigenvalue weighted by molar-refractivity contribution is 5.93. The molecule has 0 aromatic carbocycles. The van der Waals surface area contributed by atoms with Crippen molar-refractivity contribution in [1.82, 2.24) is 25.2 Å². The zero-order valence-electron chi connectivity index (χ0n) is 13.4. The number of aryl methyl sites for hydroxylation is 1. The van der Waals surface area contributed by atoms with Crippen LogP contribution in [0, 0.1) is 0 Å². The van der Waals surface area contributed by atoms with Crippen molar-refractivity contribution in [2.45, 2.75) is 31.8 Å². The maximum Gasteiger partial charge on any atom is 0.322 e. The molecule has 0 saturated carbocycles. The van der Waals surface area contributed by atoms with Gasteiger partial charge in [-0.05, 0) is 12.8 Å². The van der Waals surface area contributed by atoms with Crippen LogP contribution in [0.1, 0.15) is 29.5 Å². The lowest BCUT2D eigenvalue weighted by Gasteiger charge is -2.38. The zero-order chi connectivity index (χ0) is 16.1. The Labute approximate surface area is 139 Å². The third-order valence-electron chi connectivity index (χ3n) is 5.22. The highest BCUT2D eigenvalue weighted by atomic mass is 16.5. The SMILES string of the molecule is O=C1NCCN1c1cnn(C2CN(Cc3noc4c3CCC4)C2)c1. The Hall–Kier alpha value is -2.35. The first-order chi connectivity index (χ1) is 11.8. The number of nitrogens with one attached hydrogen (secondary N) is 1. The van der Waals surface area contributed by atoms with Crippen molar-refractivity contribution in [2.24, 2.45) is 0 Å². The number of amides is 2. The molecule has 1 N–H and O–H groups in total. The summed E-state index contributed by atoms with van der Waals surface area (Å²) >= 11 is 0. The van der Waals surface area contributed by atoms with Crippen molar-refractivity contribution in [2.75, 3.05) is 31.1 Å². The Bertz CT molecular complexity index is 775. The lowest BCUT2D eigenvalue weighted by atomic mass is 10.1. The van der Waals surface area contributed by atoms with E-state index in [-0.39, 0.29) is 6.03 Å². The molecule has 8 heteroatoms. The number of nitrogens with zero attached hydrogens (tertiary/aromatic N) is 5. The molecular weight excluding hydrogens is 308 g/mol. The summed E-state index contributed by atoms with van der Waals surface area (Å²) < 4.78 is 7.40. The van der Waals surface area contributed by atoms with Gasteiger partial charge in [0.15, 0.2) is 0 Å². The summed E-state index contributed by atoms with van der Waals surface area (Å²) in [4.78, 5) is 15.8. The highest BCUT2D eigenvalue weighted by Crippen LogP contribution is 2.29. The van der Waals surface area contributed by atoms with Crippen molar-refractivity contribution < 1.29 is 9.32 Å². The molecule has 0 radical (unpaired) electrons. The maximum absolute atomic E-state index is 11.7. The van der Waals surface area contributed by atoms with Crippen LogP contribution in [0.3, 0.4) is 0 Å². The number of carbonyl (C=O) groups excluding carboxylic acids is 1. The van der Waals surface area contributed by atoms with Gasteiger partial charge in [0.1, 0.15) is 11.5 Å². The molecule has 2 aromatic heterocycles. The Morgan fingerprint density at radius 2 is 2.25 bits per heavy atom. The Balaban J connectivity index is 1.21. The van der Waals surface area contributed by atoms with Crippen LogP contribution < -0.4 is 10.2 Å². The van der Waals surface area contributed by atoms with Crippen LogP contribution in [0.4, 0.5) is 10.5 Å². The van der Waals surface area contributed by atoms with Crippen LogP contribution in [0.5, 0.6) is 0 Å². The Morgan fingerprint density at radius 3 is 3.08 bits per heavy atom. The minimum absolute atomic E-state index is 0.0373. The summed E-state index contributed by atoms with van der Waals surface area (Å²) in [6.45, 7) is 4.17. The molecule has 2 aromatic rings. The van der Waals surface area contributed by atoms with Gasteiger partial charge in [-0.25, -0.2) is 4.79 Å². The Kier molecular flexibility index (Phi) is 3.12. The van der Waals surface area contributed by atoms with E-state index in [2.05, 4.69) is 20.5 Å². The first-order valence-corrected chi connectivity index (χ1v) is 8.56. The van der Waals surface area contributed by atoms with Crippen molar-refractivity contribution in [3.8, 4) is 0 Å².